The molecule has 6 aromatic carbocycles. The van der Waals surface area contributed by atoms with E-state index in [4.69, 9.17) is 33.2 Å². The lowest BCUT2D eigenvalue weighted by Crippen LogP contribution is -2.36. The van der Waals surface area contributed by atoms with E-state index in [2.05, 4.69) is 81.1 Å². The highest BCUT2D eigenvalue weighted by Crippen LogP contribution is 2.36. The van der Waals surface area contributed by atoms with Gasteiger partial charge in [0.25, 0.3) is 0 Å². The van der Waals surface area contributed by atoms with Crippen molar-refractivity contribution in [2.24, 2.45) is 0 Å². The molecule has 1 atom stereocenters. The van der Waals surface area contributed by atoms with Crippen LogP contribution in [0.2, 0.25) is 0 Å². The normalized spacial score (nSPS) is 15.5. The summed E-state index contributed by atoms with van der Waals surface area (Å²) >= 11 is 0. The number of halogens is 3. The number of morpholine rings is 1. The van der Waals surface area contributed by atoms with Gasteiger partial charge in [-0.2, -0.15) is 29.0 Å². The average Bonchev–Trinajstić information content (AvgIpc) is 0.840. The number of hydrogen-bond donors (Lipinski definition) is 4. The molecule has 0 bridgehead atoms. The van der Waals surface area contributed by atoms with Crippen molar-refractivity contribution in [2.45, 2.75) is 74.0 Å². The number of anilines is 7. The minimum Gasteiger partial charge on any atom is -0.489 e. The molecule has 0 saturated carbocycles. The summed E-state index contributed by atoms with van der Waals surface area (Å²) in [5.41, 5.74) is 6.15. The van der Waals surface area contributed by atoms with Crippen molar-refractivity contribution in [1.29, 1.82) is 15.8 Å². The molecule has 9 aromatic rings. The van der Waals surface area contributed by atoms with Gasteiger partial charge in [-0.25, -0.2) is 38.3 Å². The molecule has 23 nitrogen and oxygen atoms in total. The van der Waals surface area contributed by atoms with Crippen LogP contribution in [0.1, 0.15) is 66.9 Å². The van der Waals surface area contributed by atoms with E-state index in [9.17, 15) is 42.5 Å². The second kappa shape index (κ2) is 33.6. The van der Waals surface area contributed by atoms with Gasteiger partial charge < -0.3 is 59.1 Å². The summed E-state index contributed by atoms with van der Waals surface area (Å²) in [6.07, 6.45) is 3.53. The Morgan fingerprint density at radius 2 is 0.870 bits per heavy atom. The first-order valence-corrected chi connectivity index (χ1v) is 34.2. The molecular weight excluding hydrogens is 1310 g/mol. The summed E-state index contributed by atoms with van der Waals surface area (Å²) in [6, 6.07) is 47.7. The Hall–Kier alpha value is -10.8. The highest BCUT2D eigenvalue weighted by atomic mass is 32.2. The number of ether oxygens (including phenoxy) is 7. The molecular formula is C73H70F3N13O10S. The topological polar surface area (TPSA) is 307 Å². The SMILES string of the molecule is CS(=O)(=O)c1ccc(Nc2ccnc(-c3ccc(OC4CCOCC4)c(C#N)c3)n2)cc1.N#Cc1cc(-c2nccc(Nc3ccc(N4CCOCC4)cc3)n2)ccc1OC1CCOCC1.N#Cc1cc(-c2nccc(Nc3cccc(C(O)C(F)(F)F)c3)n2)ccc1OC1CCOCC1. The molecule has 100 heavy (non-hydrogen) atoms. The van der Waals surface area contributed by atoms with E-state index in [1.807, 2.05) is 36.4 Å². The molecule has 0 spiro atoms. The summed E-state index contributed by atoms with van der Waals surface area (Å²) in [5, 5.41) is 47.8. The summed E-state index contributed by atoms with van der Waals surface area (Å²) in [4.78, 5) is 29.1. The van der Waals surface area contributed by atoms with Crippen LogP contribution in [0, 0.1) is 34.0 Å². The molecule has 0 aliphatic carbocycles. The van der Waals surface area contributed by atoms with E-state index in [0.717, 1.165) is 76.1 Å². The minimum atomic E-state index is -4.76. The number of nitrogens with one attached hydrogen (secondary N) is 3. The van der Waals surface area contributed by atoms with Crippen LogP contribution in [0.4, 0.5) is 53.4 Å². The second-order valence-corrected chi connectivity index (χ2v) is 25.5. The summed E-state index contributed by atoms with van der Waals surface area (Å²) in [6.45, 7) is 7.29. The minimum absolute atomic E-state index is 0.0119. The first-order chi connectivity index (χ1) is 48.5. The molecule has 3 aromatic heterocycles. The quantitative estimate of drug-likeness (QED) is 0.0620. The van der Waals surface area contributed by atoms with Crippen LogP contribution in [-0.4, -0.2) is 140 Å². The number of hydrogen-bond acceptors (Lipinski definition) is 23. The van der Waals surface area contributed by atoms with Crippen LogP contribution in [0.15, 0.2) is 169 Å². The molecule has 13 rings (SSSR count). The first-order valence-electron chi connectivity index (χ1n) is 32.3. The predicted octanol–water partition coefficient (Wildman–Crippen LogP) is 12.8. The number of alkyl halides is 3. The Bertz CT molecular complexity index is 4500. The van der Waals surface area contributed by atoms with Crippen LogP contribution in [-0.2, 0) is 28.8 Å². The maximum absolute atomic E-state index is 12.8. The molecule has 0 radical (unpaired) electrons. The van der Waals surface area contributed by atoms with Gasteiger partial charge in [0, 0.05) is 116 Å². The molecule has 4 fully saturated rings. The van der Waals surface area contributed by atoms with Gasteiger partial charge in [-0.05, 0) is 139 Å². The Morgan fingerprint density at radius 1 is 0.500 bits per heavy atom. The van der Waals surface area contributed by atoms with E-state index in [1.165, 1.54) is 48.5 Å². The predicted molar refractivity (Wildman–Crippen MR) is 366 cm³/mol. The van der Waals surface area contributed by atoms with Gasteiger partial charge in [-0.3, -0.25) is 0 Å². The van der Waals surface area contributed by atoms with E-state index in [0.29, 0.717) is 131 Å². The number of sulfone groups is 1. The van der Waals surface area contributed by atoms with Gasteiger partial charge >= 0.3 is 6.18 Å². The van der Waals surface area contributed by atoms with Crippen LogP contribution in [0.5, 0.6) is 17.2 Å². The third-order valence-electron chi connectivity index (χ3n) is 16.3. The van der Waals surface area contributed by atoms with Gasteiger partial charge in [-0.15, -0.1) is 0 Å². The highest BCUT2D eigenvalue weighted by Gasteiger charge is 2.39. The van der Waals surface area contributed by atoms with Crippen LogP contribution >= 0.6 is 0 Å². The smallest absolute Gasteiger partial charge is 0.418 e. The average molecular weight is 1380 g/mol. The molecule has 4 saturated heterocycles. The van der Waals surface area contributed by atoms with Gasteiger partial charge in [-0.1, -0.05) is 12.1 Å². The van der Waals surface area contributed by atoms with E-state index in [1.54, 1.807) is 79.1 Å². The number of nitriles is 3. The van der Waals surface area contributed by atoms with Crippen molar-refractivity contribution < 1.29 is 59.9 Å². The van der Waals surface area contributed by atoms with E-state index >= 15 is 0 Å². The van der Waals surface area contributed by atoms with Crippen LogP contribution in [0.25, 0.3) is 34.2 Å². The van der Waals surface area contributed by atoms with Crippen LogP contribution in [0.3, 0.4) is 0 Å². The Kier molecular flexibility index (Phi) is 23.7. The molecule has 7 heterocycles. The fourth-order valence-corrected chi connectivity index (χ4v) is 11.6. The molecule has 0 amide bonds. The van der Waals surface area contributed by atoms with Crippen molar-refractivity contribution in [3.63, 3.8) is 0 Å². The van der Waals surface area contributed by atoms with Crippen molar-refractivity contribution in [1.82, 2.24) is 29.9 Å². The highest BCUT2D eigenvalue weighted by molar-refractivity contribution is 7.90. The van der Waals surface area contributed by atoms with Gasteiger partial charge in [0.05, 0.1) is 74.4 Å². The Balaban J connectivity index is 0.000000151. The molecule has 514 valence electrons. The number of aliphatic hydroxyl groups excluding tert-OH is 1. The maximum Gasteiger partial charge on any atom is 0.418 e. The van der Waals surface area contributed by atoms with Crippen molar-refractivity contribution in [3.05, 3.63) is 186 Å². The number of aromatic nitrogens is 6. The van der Waals surface area contributed by atoms with Crippen molar-refractivity contribution >= 4 is 50.0 Å². The van der Waals surface area contributed by atoms with Gasteiger partial charge in [0.2, 0.25) is 0 Å². The number of aliphatic hydroxyl groups is 1. The first kappa shape index (κ1) is 70.5. The monoisotopic (exact) mass is 1380 g/mol. The summed E-state index contributed by atoms with van der Waals surface area (Å²) in [7, 11) is -3.25. The lowest BCUT2D eigenvalue weighted by molar-refractivity contribution is -0.206. The third-order valence-corrected chi connectivity index (χ3v) is 17.4. The summed E-state index contributed by atoms with van der Waals surface area (Å²) in [5.74, 6) is 4.51. The molecule has 4 N–H and O–H groups in total. The van der Waals surface area contributed by atoms with Crippen LogP contribution < -0.4 is 35.1 Å². The van der Waals surface area contributed by atoms with E-state index in [-0.39, 0.29) is 28.8 Å². The fourth-order valence-electron chi connectivity index (χ4n) is 11.0. The van der Waals surface area contributed by atoms with Gasteiger partial charge in [0.15, 0.2) is 33.4 Å². The maximum atomic E-state index is 12.8. The molecule has 4 aliphatic rings. The third kappa shape index (κ3) is 19.5. The Labute approximate surface area is 576 Å². The number of nitrogens with zero attached hydrogens (tertiary/aromatic N) is 10. The van der Waals surface area contributed by atoms with E-state index < -0.39 is 22.1 Å². The zero-order chi connectivity index (χ0) is 69.9. The van der Waals surface area contributed by atoms with Crippen molar-refractivity contribution in [2.75, 3.05) is 93.1 Å². The Morgan fingerprint density at radius 3 is 1.24 bits per heavy atom. The lowest BCUT2D eigenvalue weighted by atomic mass is 10.1. The summed E-state index contributed by atoms with van der Waals surface area (Å²) < 4.78 is 101. The molecule has 27 heteroatoms. The zero-order valence-electron chi connectivity index (χ0n) is 54.3. The second-order valence-electron chi connectivity index (χ2n) is 23.4. The van der Waals surface area contributed by atoms with Gasteiger partial charge in [0.1, 0.15) is 71.2 Å². The van der Waals surface area contributed by atoms with Crippen molar-refractivity contribution in [3.8, 4) is 69.6 Å². The molecule has 1 unspecified atom stereocenters. The lowest BCUT2D eigenvalue weighted by Gasteiger charge is -2.28. The number of rotatable bonds is 18. The molecule has 4 aliphatic heterocycles. The fraction of sp³-hybridized carbons (Fsp3) is 0.301. The number of benzene rings is 6. The standard InChI is InChI=1S/C26H27N5O3.C24H21F3N4O3.C23H22N4O4S/c27-18-20-17-19(1-6-24(20)34-23-8-13-32-14-9-23)26-28-10-7-25(30-26)29-21-2-4-22(5-3-21)31-11-15-33-16-12-31;25-24(26,27)22(32)15-2-1-3-18(13-15)30-21-6-9-29-23(31-21)16-4-5-20(17(12-16)14-28)34-19-7-10-33-11-8-19;1-32(28,29)20-5-3-18(4-6-20)26-22-8-11-25-23(27-22)16-2-7-21(17(14-16)15-24)31-19-9-12-30-13-10-19/h1-7,10,17,23H,8-9,11-16H2,(H,28,29,30);1-6,9,12-13,19,22,32H,7-8,10-11H2,(H,29,30,31);2-8,11,14,19H,9-10,12-13H2,1H3,(H,25,26,27). The zero-order valence-corrected chi connectivity index (χ0v) is 55.2. The largest absolute Gasteiger partial charge is 0.489 e.